The Balaban J connectivity index is 2.28. The van der Waals surface area contributed by atoms with Crippen LogP contribution in [0.15, 0.2) is 0 Å². The molecule has 0 aromatic heterocycles. The van der Waals surface area contributed by atoms with Gasteiger partial charge in [0, 0.05) is 0 Å². The molecule has 0 heterocycles. The Kier molecular flexibility index (Phi) is 1.37. The summed E-state index contributed by atoms with van der Waals surface area (Å²) in [5.41, 5.74) is 2.02. The topological polar surface area (TPSA) is 0 Å². The largest absolute Gasteiger partial charge is 0.0648 e. The Morgan fingerprint density at radius 1 is 1.25 bits per heavy atom. The van der Waals surface area contributed by atoms with Crippen LogP contribution in [0, 0.1) is 22.2 Å². The van der Waals surface area contributed by atoms with E-state index in [9.17, 15) is 0 Å². The van der Waals surface area contributed by atoms with Crippen molar-refractivity contribution in [2.75, 3.05) is 0 Å². The average Bonchev–Trinajstić information content (AvgIpc) is 2.02. The van der Waals surface area contributed by atoms with Crippen molar-refractivity contribution < 1.29 is 0 Å². The highest BCUT2D eigenvalue weighted by atomic mass is 14.8. The minimum atomic E-state index is 0.652. The molecule has 0 bridgehead atoms. The summed E-state index contributed by atoms with van der Waals surface area (Å²) in [7, 11) is 0. The number of hydrogen-bond acceptors (Lipinski definition) is 0. The Labute approximate surface area is 76.7 Å². The Morgan fingerprint density at radius 3 is 2.08 bits per heavy atom. The fourth-order valence-corrected chi connectivity index (χ4v) is 4.57. The first kappa shape index (κ1) is 8.59. The molecule has 70 valence electrons. The van der Waals surface area contributed by atoms with Crippen LogP contribution in [0.4, 0.5) is 0 Å². The zero-order chi connectivity index (χ0) is 9.20. The molecule has 2 saturated carbocycles. The van der Waals surface area contributed by atoms with Gasteiger partial charge >= 0.3 is 0 Å². The van der Waals surface area contributed by atoms with E-state index in [-0.39, 0.29) is 0 Å². The van der Waals surface area contributed by atoms with Crippen molar-refractivity contribution >= 4 is 0 Å². The molecule has 0 aromatic rings. The van der Waals surface area contributed by atoms with Crippen LogP contribution in [0.25, 0.3) is 0 Å². The molecule has 2 aliphatic carbocycles. The van der Waals surface area contributed by atoms with Crippen LogP contribution in [0.5, 0.6) is 0 Å². The van der Waals surface area contributed by atoms with Gasteiger partial charge in [-0.15, -0.1) is 0 Å². The predicted octanol–water partition coefficient (Wildman–Crippen LogP) is 3.86. The van der Waals surface area contributed by atoms with Crippen molar-refractivity contribution in [1.82, 2.24) is 0 Å². The standard InChI is InChI=1S/C12H22/c1-6-10(3)8-11(4)7-9(2)12(10,11)5/h9H,6-8H2,1-5H3. The van der Waals surface area contributed by atoms with Gasteiger partial charge in [-0.1, -0.05) is 41.0 Å². The summed E-state index contributed by atoms with van der Waals surface area (Å²) < 4.78 is 0. The van der Waals surface area contributed by atoms with E-state index in [1.54, 1.807) is 0 Å². The maximum atomic E-state index is 2.52. The third-order valence-electron chi connectivity index (χ3n) is 5.81. The first-order chi connectivity index (χ1) is 5.40. The molecule has 0 amide bonds. The van der Waals surface area contributed by atoms with Crippen molar-refractivity contribution in [2.45, 2.75) is 53.9 Å². The second-order valence-corrected chi connectivity index (χ2v) is 5.96. The van der Waals surface area contributed by atoms with Gasteiger partial charge in [-0.2, -0.15) is 0 Å². The van der Waals surface area contributed by atoms with Gasteiger partial charge in [0.25, 0.3) is 0 Å². The van der Waals surface area contributed by atoms with Crippen LogP contribution >= 0.6 is 0 Å². The lowest BCUT2D eigenvalue weighted by atomic mass is 9.25. The highest BCUT2D eigenvalue weighted by Gasteiger charge is 2.73. The minimum Gasteiger partial charge on any atom is -0.0648 e. The second kappa shape index (κ2) is 1.91. The zero-order valence-corrected chi connectivity index (χ0v) is 9.20. The van der Waals surface area contributed by atoms with Crippen molar-refractivity contribution in [3.05, 3.63) is 0 Å². The SMILES string of the molecule is CCC1(C)CC2(C)CC(C)C12C. The molecular formula is C12H22. The van der Waals surface area contributed by atoms with Crippen molar-refractivity contribution in [2.24, 2.45) is 22.2 Å². The summed E-state index contributed by atoms with van der Waals surface area (Å²) >= 11 is 0. The summed E-state index contributed by atoms with van der Waals surface area (Å²) in [5, 5.41) is 0. The molecule has 0 aliphatic heterocycles. The van der Waals surface area contributed by atoms with E-state index in [1.165, 1.54) is 19.3 Å². The molecule has 0 aromatic carbocycles. The van der Waals surface area contributed by atoms with Crippen molar-refractivity contribution in [1.29, 1.82) is 0 Å². The van der Waals surface area contributed by atoms with Crippen LogP contribution in [-0.2, 0) is 0 Å². The molecule has 12 heavy (non-hydrogen) atoms. The van der Waals surface area contributed by atoms with Gasteiger partial charge < -0.3 is 0 Å². The third-order valence-corrected chi connectivity index (χ3v) is 5.81. The van der Waals surface area contributed by atoms with Gasteiger partial charge in [0.05, 0.1) is 0 Å². The Morgan fingerprint density at radius 2 is 1.83 bits per heavy atom. The van der Waals surface area contributed by atoms with E-state index >= 15 is 0 Å². The highest BCUT2D eigenvalue weighted by molar-refractivity contribution is 5.22. The smallest absolute Gasteiger partial charge is 0.0192 e. The van der Waals surface area contributed by atoms with Crippen LogP contribution in [0.2, 0.25) is 0 Å². The van der Waals surface area contributed by atoms with Gasteiger partial charge in [0.15, 0.2) is 0 Å². The van der Waals surface area contributed by atoms with Crippen LogP contribution in [0.3, 0.4) is 0 Å². The number of fused-ring (bicyclic) bond motifs is 1. The fourth-order valence-electron chi connectivity index (χ4n) is 4.57. The molecule has 0 radical (unpaired) electrons. The average molecular weight is 166 g/mol. The lowest BCUT2D eigenvalue weighted by Crippen LogP contribution is -2.72. The van der Waals surface area contributed by atoms with E-state index < -0.39 is 0 Å². The van der Waals surface area contributed by atoms with Crippen LogP contribution in [-0.4, -0.2) is 0 Å². The predicted molar refractivity (Wildman–Crippen MR) is 53.0 cm³/mol. The normalized spacial score (nSPS) is 63.2. The minimum absolute atomic E-state index is 0.652. The van der Waals surface area contributed by atoms with Gasteiger partial charge in [-0.25, -0.2) is 0 Å². The zero-order valence-electron chi connectivity index (χ0n) is 9.20. The summed E-state index contributed by atoms with van der Waals surface area (Å²) in [6.07, 6.45) is 4.31. The molecule has 0 spiro atoms. The van der Waals surface area contributed by atoms with Gasteiger partial charge in [0.2, 0.25) is 0 Å². The van der Waals surface area contributed by atoms with Crippen molar-refractivity contribution in [3.8, 4) is 0 Å². The van der Waals surface area contributed by atoms with E-state index in [0.29, 0.717) is 16.2 Å². The summed E-state index contributed by atoms with van der Waals surface area (Å²) in [6.45, 7) is 12.3. The first-order valence-corrected chi connectivity index (χ1v) is 5.40. The van der Waals surface area contributed by atoms with E-state index in [4.69, 9.17) is 0 Å². The lowest BCUT2D eigenvalue weighted by molar-refractivity contribution is -0.304. The number of hydrogen-bond donors (Lipinski definition) is 0. The molecule has 0 nitrogen and oxygen atoms in total. The summed E-state index contributed by atoms with van der Waals surface area (Å²) in [4.78, 5) is 0. The highest BCUT2D eigenvalue weighted by Crippen LogP contribution is 2.81. The molecule has 0 heteroatoms. The molecule has 2 fully saturated rings. The van der Waals surface area contributed by atoms with Crippen molar-refractivity contribution in [3.63, 3.8) is 0 Å². The molecule has 0 saturated heterocycles. The molecule has 2 aliphatic rings. The summed E-state index contributed by atoms with van der Waals surface area (Å²) in [6, 6.07) is 0. The first-order valence-electron chi connectivity index (χ1n) is 5.40. The number of rotatable bonds is 1. The maximum Gasteiger partial charge on any atom is -0.0192 e. The van der Waals surface area contributed by atoms with Gasteiger partial charge in [-0.05, 0) is 35.0 Å². The van der Waals surface area contributed by atoms with E-state index in [1.807, 2.05) is 0 Å². The molecule has 4 unspecified atom stereocenters. The third kappa shape index (κ3) is 0.561. The van der Waals surface area contributed by atoms with Crippen LogP contribution in [0.1, 0.15) is 53.9 Å². The second-order valence-electron chi connectivity index (χ2n) is 5.96. The molecular weight excluding hydrogens is 144 g/mol. The maximum absolute atomic E-state index is 2.52. The van der Waals surface area contributed by atoms with E-state index in [0.717, 1.165) is 5.92 Å². The Bertz CT molecular complexity index is 220. The molecule has 4 atom stereocenters. The van der Waals surface area contributed by atoms with Gasteiger partial charge in [-0.3, -0.25) is 0 Å². The quantitative estimate of drug-likeness (QED) is 0.555. The lowest BCUT2D eigenvalue weighted by Gasteiger charge is -2.79. The molecule has 2 rings (SSSR count). The Hall–Kier alpha value is 0. The fraction of sp³-hybridized carbons (Fsp3) is 1.00. The monoisotopic (exact) mass is 166 g/mol. The van der Waals surface area contributed by atoms with Gasteiger partial charge in [0.1, 0.15) is 0 Å². The van der Waals surface area contributed by atoms with Crippen LogP contribution < -0.4 is 0 Å². The summed E-state index contributed by atoms with van der Waals surface area (Å²) in [5.74, 6) is 0.959. The molecule has 0 N–H and O–H groups in total. The van der Waals surface area contributed by atoms with E-state index in [2.05, 4.69) is 34.6 Å².